The van der Waals surface area contributed by atoms with Gasteiger partial charge in [-0.3, -0.25) is 9.67 Å². The van der Waals surface area contributed by atoms with Gasteiger partial charge in [0.1, 0.15) is 12.2 Å². The van der Waals surface area contributed by atoms with Gasteiger partial charge in [0.15, 0.2) is 5.96 Å². The second kappa shape index (κ2) is 7.47. The van der Waals surface area contributed by atoms with Crippen LogP contribution in [0.15, 0.2) is 41.7 Å². The van der Waals surface area contributed by atoms with Gasteiger partial charge < -0.3 is 10.2 Å². The second-order valence-corrected chi connectivity index (χ2v) is 6.43. The van der Waals surface area contributed by atoms with E-state index in [1.807, 2.05) is 14.1 Å². The highest BCUT2D eigenvalue weighted by molar-refractivity contribution is 5.79. The van der Waals surface area contributed by atoms with Gasteiger partial charge in [0.25, 0.3) is 0 Å². The van der Waals surface area contributed by atoms with Crippen LogP contribution in [0.25, 0.3) is 0 Å². The molecule has 128 valence electrons. The summed E-state index contributed by atoms with van der Waals surface area (Å²) in [6.07, 6.45) is 2.73. The Morgan fingerprint density at radius 1 is 1.33 bits per heavy atom. The monoisotopic (exact) mass is 326 g/mol. The molecule has 0 saturated carbocycles. The Balaban J connectivity index is 1.60. The van der Waals surface area contributed by atoms with Crippen LogP contribution in [0.4, 0.5) is 0 Å². The second-order valence-electron chi connectivity index (χ2n) is 6.43. The lowest BCUT2D eigenvalue weighted by Crippen LogP contribution is -2.47. The highest BCUT2D eigenvalue weighted by Gasteiger charge is 2.28. The van der Waals surface area contributed by atoms with E-state index in [4.69, 9.17) is 0 Å². The summed E-state index contributed by atoms with van der Waals surface area (Å²) >= 11 is 0. The molecule has 2 unspecified atom stereocenters. The van der Waals surface area contributed by atoms with E-state index in [9.17, 15) is 0 Å². The van der Waals surface area contributed by atoms with E-state index in [0.717, 1.165) is 31.3 Å². The van der Waals surface area contributed by atoms with Crippen molar-refractivity contribution in [3.8, 4) is 0 Å². The Kier molecular flexibility index (Phi) is 5.13. The van der Waals surface area contributed by atoms with Crippen molar-refractivity contribution in [1.82, 2.24) is 25.0 Å². The lowest BCUT2D eigenvalue weighted by Gasteiger charge is -2.38. The van der Waals surface area contributed by atoms with Gasteiger partial charge in [0, 0.05) is 27.2 Å². The molecule has 1 aromatic carbocycles. The smallest absolute Gasteiger partial charge is 0.194 e. The highest BCUT2D eigenvalue weighted by Crippen LogP contribution is 2.32. The number of piperidine rings is 1. The summed E-state index contributed by atoms with van der Waals surface area (Å²) in [6, 6.07) is 10.9. The molecule has 0 bridgehead atoms. The van der Waals surface area contributed by atoms with Crippen LogP contribution >= 0.6 is 0 Å². The third kappa shape index (κ3) is 3.58. The fourth-order valence-corrected chi connectivity index (χ4v) is 3.50. The zero-order chi connectivity index (χ0) is 16.9. The van der Waals surface area contributed by atoms with Crippen molar-refractivity contribution in [2.75, 3.05) is 20.1 Å². The summed E-state index contributed by atoms with van der Waals surface area (Å²) in [4.78, 5) is 11.0. The van der Waals surface area contributed by atoms with Gasteiger partial charge in [-0.05, 0) is 23.8 Å². The third-order valence-electron chi connectivity index (χ3n) is 4.85. The first-order valence-electron chi connectivity index (χ1n) is 8.52. The zero-order valence-electron chi connectivity index (χ0n) is 14.7. The minimum Gasteiger partial charge on any atom is -0.349 e. The minimum atomic E-state index is 0.592. The average Bonchev–Trinajstić information content (AvgIpc) is 3.01. The number of rotatable bonds is 3. The Labute approximate surface area is 143 Å². The summed E-state index contributed by atoms with van der Waals surface area (Å²) in [5, 5.41) is 7.51. The Morgan fingerprint density at radius 2 is 2.12 bits per heavy atom. The number of aromatic nitrogens is 3. The van der Waals surface area contributed by atoms with Crippen LogP contribution in [0.1, 0.15) is 30.7 Å². The van der Waals surface area contributed by atoms with Crippen molar-refractivity contribution in [3.05, 3.63) is 48.0 Å². The average molecular weight is 326 g/mol. The number of nitrogens with one attached hydrogen (secondary N) is 1. The van der Waals surface area contributed by atoms with Crippen molar-refractivity contribution in [2.45, 2.75) is 25.8 Å². The number of hydrogen-bond acceptors (Lipinski definition) is 3. The third-order valence-corrected chi connectivity index (χ3v) is 4.85. The summed E-state index contributed by atoms with van der Waals surface area (Å²) in [6.45, 7) is 5.00. The Morgan fingerprint density at radius 3 is 2.75 bits per heavy atom. The molecular formula is C18H26N6. The Hall–Kier alpha value is -2.37. The van der Waals surface area contributed by atoms with E-state index in [2.05, 4.69) is 62.5 Å². The van der Waals surface area contributed by atoms with Crippen molar-refractivity contribution in [2.24, 2.45) is 18.0 Å². The van der Waals surface area contributed by atoms with Crippen LogP contribution in [0.2, 0.25) is 0 Å². The van der Waals surface area contributed by atoms with Gasteiger partial charge in [-0.25, -0.2) is 4.98 Å². The van der Waals surface area contributed by atoms with Crippen LogP contribution < -0.4 is 5.32 Å². The molecule has 1 N–H and O–H groups in total. The predicted octanol–water partition coefficient (Wildman–Crippen LogP) is 2.02. The standard InChI is InChI=1S/C18H26N6/c1-14-12-24(10-9-16(14)15-7-5-4-6-8-15)18(19-2)20-11-17-21-13-22-23(17)3/h4-8,13-14,16H,9-12H2,1-3H3,(H,19,20). The number of aryl methyl sites for hydroxylation is 1. The fraction of sp³-hybridized carbons (Fsp3) is 0.500. The summed E-state index contributed by atoms with van der Waals surface area (Å²) in [5.74, 6) is 3.06. The minimum absolute atomic E-state index is 0.592. The zero-order valence-corrected chi connectivity index (χ0v) is 14.7. The van der Waals surface area contributed by atoms with Crippen LogP contribution in [0.3, 0.4) is 0 Å². The molecule has 6 heteroatoms. The van der Waals surface area contributed by atoms with Crippen molar-refractivity contribution in [3.63, 3.8) is 0 Å². The molecule has 2 heterocycles. The van der Waals surface area contributed by atoms with E-state index in [-0.39, 0.29) is 0 Å². The Bertz CT molecular complexity index is 678. The van der Waals surface area contributed by atoms with Crippen LogP contribution in [0, 0.1) is 5.92 Å². The summed E-state index contributed by atoms with van der Waals surface area (Å²) in [7, 11) is 3.74. The van der Waals surface area contributed by atoms with E-state index in [0.29, 0.717) is 18.4 Å². The molecular weight excluding hydrogens is 300 g/mol. The van der Waals surface area contributed by atoms with Gasteiger partial charge in [-0.2, -0.15) is 5.10 Å². The first-order valence-corrected chi connectivity index (χ1v) is 8.52. The predicted molar refractivity (Wildman–Crippen MR) is 95.7 cm³/mol. The molecule has 0 aliphatic carbocycles. The van der Waals surface area contributed by atoms with Gasteiger partial charge >= 0.3 is 0 Å². The molecule has 0 radical (unpaired) electrons. The first-order chi connectivity index (χ1) is 11.7. The number of nitrogens with zero attached hydrogens (tertiary/aromatic N) is 5. The van der Waals surface area contributed by atoms with Crippen LogP contribution in [-0.4, -0.2) is 45.8 Å². The normalized spacial score (nSPS) is 21.8. The maximum absolute atomic E-state index is 4.45. The lowest BCUT2D eigenvalue weighted by molar-refractivity contribution is 0.234. The van der Waals surface area contributed by atoms with Gasteiger partial charge in [0.05, 0.1) is 6.54 Å². The largest absolute Gasteiger partial charge is 0.349 e. The molecule has 3 rings (SSSR count). The van der Waals surface area contributed by atoms with E-state index >= 15 is 0 Å². The van der Waals surface area contributed by atoms with E-state index < -0.39 is 0 Å². The van der Waals surface area contributed by atoms with Crippen molar-refractivity contribution >= 4 is 5.96 Å². The van der Waals surface area contributed by atoms with Gasteiger partial charge in [-0.15, -0.1) is 0 Å². The molecule has 24 heavy (non-hydrogen) atoms. The maximum Gasteiger partial charge on any atom is 0.194 e. The quantitative estimate of drug-likeness (QED) is 0.692. The SMILES string of the molecule is CN=C(NCc1ncnn1C)N1CCC(c2ccccc2)C(C)C1. The van der Waals surface area contributed by atoms with Gasteiger partial charge in [0.2, 0.25) is 0 Å². The van der Waals surface area contributed by atoms with E-state index in [1.165, 1.54) is 5.56 Å². The molecule has 1 aliphatic heterocycles. The van der Waals surface area contributed by atoms with Crippen LogP contribution in [-0.2, 0) is 13.6 Å². The molecule has 1 fully saturated rings. The topological polar surface area (TPSA) is 58.3 Å². The molecule has 1 aliphatic rings. The fourth-order valence-electron chi connectivity index (χ4n) is 3.50. The number of hydrogen-bond donors (Lipinski definition) is 1. The molecule has 1 saturated heterocycles. The number of guanidine groups is 1. The molecule has 0 amide bonds. The molecule has 2 aromatic rings. The first kappa shape index (κ1) is 16.5. The highest BCUT2D eigenvalue weighted by atomic mass is 15.3. The molecule has 1 aromatic heterocycles. The number of aliphatic imine (C=N–C) groups is 1. The summed E-state index contributed by atoms with van der Waals surface area (Å²) in [5.41, 5.74) is 1.45. The van der Waals surface area contributed by atoms with Crippen molar-refractivity contribution < 1.29 is 0 Å². The van der Waals surface area contributed by atoms with E-state index in [1.54, 1.807) is 11.0 Å². The van der Waals surface area contributed by atoms with Crippen LogP contribution in [0.5, 0.6) is 0 Å². The number of likely N-dealkylation sites (tertiary alicyclic amines) is 1. The van der Waals surface area contributed by atoms with Gasteiger partial charge in [-0.1, -0.05) is 37.3 Å². The molecule has 6 nitrogen and oxygen atoms in total. The number of benzene rings is 1. The lowest BCUT2D eigenvalue weighted by atomic mass is 9.82. The maximum atomic E-state index is 4.45. The molecule has 0 spiro atoms. The van der Waals surface area contributed by atoms with Crippen molar-refractivity contribution in [1.29, 1.82) is 0 Å². The summed E-state index contributed by atoms with van der Waals surface area (Å²) < 4.78 is 1.78. The molecule has 2 atom stereocenters.